The first-order valence-corrected chi connectivity index (χ1v) is 5.79. The van der Waals surface area contributed by atoms with Gasteiger partial charge in [-0.05, 0) is 29.9 Å². The highest BCUT2D eigenvalue weighted by molar-refractivity contribution is 7.80. The van der Waals surface area contributed by atoms with Gasteiger partial charge in [0.25, 0.3) is 0 Å². The summed E-state index contributed by atoms with van der Waals surface area (Å²) in [6.07, 6.45) is 1.22. The summed E-state index contributed by atoms with van der Waals surface area (Å²) in [6, 6.07) is 7.45. The predicted molar refractivity (Wildman–Crippen MR) is 66.1 cm³/mol. The second-order valence-corrected chi connectivity index (χ2v) is 3.77. The zero-order chi connectivity index (χ0) is 11.8. The molecule has 3 nitrogen and oxygen atoms in total. The number of ether oxygens (including phenoxy) is 2. The zero-order valence-electron chi connectivity index (χ0n) is 9.31. The summed E-state index contributed by atoms with van der Waals surface area (Å²) in [5, 5.41) is 0. The van der Waals surface area contributed by atoms with Crippen LogP contribution in [0.4, 0.5) is 0 Å². The van der Waals surface area contributed by atoms with Crippen LogP contribution in [0.1, 0.15) is 12.0 Å². The molecule has 0 aromatic heterocycles. The molecule has 0 atom stereocenters. The van der Waals surface area contributed by atoms with Gasteiger partial charge in [-0.15, -0.1) is 0 Å². The molecule has 88 valence electrons. The topological polar surface area (TPSA) is 35.5 Å². The SMILES string of the molecule is COC(=O)Cc1ccc(OCCCS)cc1. The molecule has 0 saturated heterocycles. The number of carbonyl (C=O) groups is 1. The van der Waals surface area contributed by atoms with Crippen molar-refractivity contribution in [3.63, 3.8) is 0 Å². The fraction of sp³-hybridized carbons (Fsp3) is 0.417. The van der Waals surface area contributed by atoms with Gasteiger partial charge in [0, 0.05) is 0 Å². The van der Waals surface area contributed by atoms with Gasteiger partial charge in [-0.25, -0.2) is 0 Å². The third-order valence-corrected chi connectivity index (χ3v) is 2.39. The number of thiol groups is 1. The molecule has 0 aliphatic rings. The van der Waals surface area contributed by atoms with Crippen LogP contribution in [0.25, 0.3) is 0 Å². The lowest BCUT2D eigenvalue weighted by atomic mass is 10.1. The van der Waals surface area contributed by atoms with E-state index < -0.39 is 0 Å². The lowest BCUT2D eigenvalue weighted by Crippen LogP contribution is -2.04. The average molecular weight is 240 g/mol. The van der Waals surface area contributed by atoms with E-state index >= 15 is 0 Å². The molecule has 0 aliphatic carbocycles. The molecule has 16 heavy (non-hydrogen) atoms. The Kier molecular flexibility index (Phi) is 5.78. The van der Waals surface area contributed by atoms with Gasteiger partial charge in [-0.2, -0.15) is 12.6 Å². The molecule has 0 saturated carbocycles. The number of methoxy groups -OCH3 is 1. The highest BCUT2D eigenvalue weighted by atomic mass is 32.1. The van der Waals surface area contributed by atoms with Crippen molar-refractivity contribution in [2.75, 3.05) is 19.5 Å². The molecule has 0 unspecified atom stereocenters. The van der Waals surface area contributed by atoms with Gasteiger partial charge in [0.15, 0.2) is 0 Å². The molecule has 0 radical (unpaired) electrons. The summed E-state index contributed by atoms with van der Waals surface area (Å²) >= 11 is 4.10. The van der Waals surface area contributed by atoms with Crippen molar-refractivity contribution in [1.82, 2.24) is 0 Å². The van der Waals surface area contributed by atoms with E-state index in [9.17, 15) is 4.79 Å². The number of carbonyl (C=O) groups excluding carboxylic acids is 1. The fourth-order valence-corrected chi connectivity index (χ4v) is 1.33. The molecule has 0 amide bonds. The molecule has 1 aromatic carbocycles. The predicted octanol–water partition coefficient (Wildman–Crippen LogP) is 2.10. The summed E-state index contributed by atoms with van der Waals surface area (Å²) in [5.74, 6) is 1.40. The second kappa shape index (κ2) is 7.17. The molecule has 0 bridgehead atoms. The van der Waals surface area contributed by atoms with Crippen molar-refractivity contribution in [1.29, 1.82) is 0 Å². The standard InChI is InChI=1S/C12H16O3S/c1-14-12(13)9-10-3-5-11(6-4-10)15-7-2-8-16/h3-6,16H,2,7-9H2,1H3. The highest BCUT2D eigenvalue weighted by Gasteiger charge is 2.02. The van der Waals surface area contributed by atoms with Crippen molar-refractivity contribution in [2.24, 2.45) is 0 Å². The highest BCUT2D eigenvalue weighted by Crippen LogP contribution is 2.13. The average Bonchev–Trinajstić information content (AvgIpc) is 2.31. The summed E-state index contributed by atoms with van der Waals surface area (Å²) in [4.78, 5) is 11.0. The van der Waals surface area contributed by atoms with Crippen LogP contribution in [0.3, 0.4) is 0 Å². The van der Waals surface area contributed by atoms with Crippen LogP contribution in [-0.2, 0) is 16.0 Å². The summed E-state index contributed by atoms with van der Waals surface area (Å²) < 4.78 is 10.1. The van der Waals surface area contributed by atoms with Crippen LogP contribution < -0.4 is 4.74 Å². The Hall–Kier alpha value is -1.16. The minimum absolute atomic E-state index is 0.233. The molecule has 0 aliphatic heterocycles. The lowest BCUT2D eigenvalue weighted by molar-refractivity contribution is -0.139. The van der Waals surface area contributed by atoms with Gasteiger partial charge in [0.05, 0.1) is 20.1 Å². The van der Waals surface area contributed by atoms with Gasteiger partial charge in [-0.1, -0.05) is 12.1 Å². The van der Waals surface area contributed by atoms with Crippen molar-refractivity contribution in [2.45, 2.75) is 12.8 Å². The van der Waals surface area contributed by atoms with E-state index in [0.29, 0.717) is 13.0 Å². The maximum Gasteiger partial charge on any atom is 0.309 e. The normalized spacial score (nSPS) is 9.88. The number of hydrogen-bond acceptors (Lipinski definition) is 4. The molecular weight excluding hydrogens is 224 g/mol. The maximum absolute atomic E-state index is 11.0. The molecule has 0 N–H and O–H groups in total. The summed E-state index contributed by atoms with van der Waals surface area (Å²) in [5.41, 5.74) is 0.924. The van der Waals surface area contributed by atoms with Gasteiger partial charge in [-0.3, -0.25) is 4.79 Å². The third kappa shape index (κ3) is 4.57. The lowest BCUT2D eigenvalue weighted by Gasteiger charge is -2.05. The number of rotatable bonds is 6. The van der Waals surface area contributed by atoms with Crippen LogP contribution in [0.15, 0.2) is 24.3 Å². The van der Waals surface area contributed by atoms with Crippen molar-refractivity contribution in [3.05, 3.63) is 29.8 Å². The van der Waals surface area contributed by atoms with Crippen molar-refractivity contribution in [3.8, 4) is 5.75 Å². The van der Waals surface area contributed by atoms with Gasteiger partial charge in [0.1, 0.15) is 5.75 Å². The Morgan fingerprint density at radius 3 is 2.56 bits per heavy atom. The minimum atomic E-state index is -0.233. The Labute approximate surface area is 101 Å². The summed E-state index contributed by atoms with van der Waals surface area (Å²) in [6.45, 7) is 0.667. The van der Waals surface area contributed by atoms with E-state index in [1.165, 1.54) is 7.11 Å². The Morgan fingerprint density at radius 2 is 2.00 bits per heavy atom. The van der Waals surface area contributed by atoms with E-state index in [-0.39, 0.29) is 5.97 Å². The number of hydrogen-bond donors (Lipinski definition) is 1. The largest absolute Gasteiger partial charge is 0.494 e. The first-order chi connectivity index (χ1) is 7.76. The van der Waals surface area contributed by atoms with Gasteiger partial charge in [0.2, 0.25) is 0 Å². The molecule has 1 rings (SSSR count). The van der Waals surface area contributed by atoms with E-state index in [4.69, 9.17) is 4.74 Å². The molecular formula is C12H16O3S. The molecule has 0 fully saturated rings. The number of benzene rings is 1. The molecule has 1 aromatic rings. The van der Waals surface area contributed by atoms with Crippen LogP contribution in [0, 0.1) is 0 Å². The van der Waals surface area contributed by atoms with Crippen LogP contribution >= 0.6 is 12.6 Å². The monoisotopic (exact) mass is 240 g/mol. The van der Waals surface area contributed by atoms with E-state index in [1.54, 1.807) is 0 Å². The van der Waals surface area contributed by atoms with E-state index in [2.05, 4.69) is 17.4 Å². The first kappa shape index (κ1) is 12.9. The van der Waals surface area contributed by atoms with Crippen molar-refractivity contribution >= 4 is 18.6 Å². The molecule has 4 heteroatoms. The smallest absolute Gasteiger partial charge is 0.309 e. The molecule has 0 spiro atoms. The fourth-order valence-electron chi connectivity index (χ4n) is 1.20. The summed E-state index contributed by atoms with van der Waals surface area (Å²) in [7, 11) is 1.39. The number of esters is 1. The first-order valence-electron chi connectivity index (χ1n) is 5.15. The molecule has 0 heterocycles. The van der Waals surface area contributed by atoms with Gasteiger partial charge < -0.3 is 9.47 Å². The van der Waals surface area contributed by atoms with E-state index in [0.717, 1.165) is 23.5 Å². The quantitative estimate of drug-likeness (QED) is 0.470. The van der Waals surface area contributed by atoms with Crippen LogP contribution in [0.2, 0.25) is 0 Å². The van der Waals surface area contributed by atoms with Crippen LogP contribution in [0.5, 0.6) is 5.75 Å². The maximum atomic E-state index is 11.0. The van der Waals surface area contributed by atoms with E-state index in [1.807, 2.05) is 24.3 Å². The Morgan fingerprint density at radius 1 is 1.31 bits per heavy atom. The third-order valence-electron chi connectivity index (χ3n) is 2.07. The zero-order valence-corrected chi connectivity index (χ0v) is 10.2. The minimum Gasteiger partial charge on any atom is -0.494 e. The Balaban J connectivity index is 2.44. The second-order valence-electron chi connectivity index (χ2n) is 3.32. The Bertz CT molecular complexity index is 322. The van der Waals surface area contributed by atoms with Gasteiger partial charge >= 0.3 is 5.97 Å². The van der Waals surface area contributed by atoms with Crippen molar-refractivity contribution < 1.29 is 14.3 Å². The van der Waals surface area contributed by atoms with Crippen LogP contribution in [-0.4, -0.2) is 25.4 Å².